The van der Waals surface area contributed by atoms with Crippen LogP contribution < -0.4 is 5.32 Å². The zero-order valence-electron chi connectivity index (χ0n) is 10.6. The van der Waals surface area contributed by atoms with Crippen molar-refractivity contribution in [3.63, 3.8) is 0 Å². The van der Waals surface area contributed by atoms with E-state index >= 15 is 0 Å². The van der Waals surface area contributed by atoms with E-state index in [1.807, 2.05) is 7.05 Å². The highest BCUT2D eigenvalue weighted by Crippen LogP contribution is 2.36. The minimum Gasteiger partial charge on any atom is -0.319 e. The summed E-state index contributed by atoms with van der Waals surface area (Å²) in [6, 6.07) is 6.94. The molecule has 1 nitrogen and oxygen atoms in total. The summed E-state index contributed by atoms with van der Waals surface area (Å²) in [4.78, 5) is 0. The summed E-state index contributed by atoms with van der Waals surface area (Å²) in [7, 11) is 2.01. The predicted molar refractivity (Wildman–Crippen MR) is 77.6 cm³/mol. The maximum Gasteiger partial charge on any atom is 0.0212 e. The van der Waals surface area contributed by atoms with Gasteiger partial charge < -0.3 is 5.32 Å². The van der Waals surface area contributed by atoms with Gasteiger partial charge in [-0.25, -0.2) is 0 Å². The lowest BCUT2D eigenvalue weighted by Gasteiger charge is -2.23. The average molecular weight is 296 g/mol. The Hall–Kier alpha value is -0.340. The SMILES string of the molecule is CNCCc1ccc(C2CCCCC2)c(Br)c1. The summed E-state index contributed by atoms with van der Waals surface area (Å²) in [6.07, 6.45) is 8.08. The first kappa shape index (κ1) is 13.1. The van der Waals surface area contributed by atoms with E-state index in [1.54, 1.807) is 0 Å². The van der Waals surface area contributed by atoms with Crippen molar-refractivity contribution in [3.05, 3.63) is 33.8 Å². The highest BCUT2D eigenvalue weighted by atomic mass is 79.9. The smallest absolute Gasteiger partial charge is 0.0212 e. The molecule has 0 amide bonds. The zero-order chi connectivity index (χ0) is 12.1. The maximum absolute atomic E-state index is 3.75. The van der Waals surface area contributed by atoms with Crippen LogP contribution in [-0.4, -0.2) is 13.6 Å². The second kappa shape index (κ2) is 6.55. The molecule has 0 heterocycles. The highest BCUT2D eigenvalue weighted by Gasteiger charge is 2.17. The summed E-state index contributed by atoms with van der Waals surface area (Å²) in [6.45, 7) is 1.05. The van der Waals surface area contributed by atoms with Crippen molar-refractivity contribution in [3.8, 4) is 0 Å². The van der Waals surface area contributed by atoms with Crippen LogP contribution in [0.5, 0.6) is 0 Å². The van der Waals surface area contributed by atoms with Crippen molar-refractivity contribution < 1.29 is 0 Å². The number of hydrogen-bond donors (Lipinski definition) is 1. The van der Waals surface area contributed by atoms with E-state index in [4.69, 9.17) is 0 Å². The molecule has 0 spiro atoms. The lowest BCUT2D eigenvalue weighted by Crippen LogP contribution is -2.10. The van der Waals surface area contributed by atoms with Gasteiger partial charge in [0.25, 0.3) is 0 Å². The van der Waals surface area contributed by atoms with Gasteiger partial charge in [0.15, 0.2) is 0 Å². The lowest BCUT2D eigenvalue weighted by atomic mass is 9.84. The third kappa shape index (κ3) is 3.56. The van der Waals surface area contributed by atoms with Gasteiger partial charge in [0.2, 0.25) is 0 Å². The van der Waals surface area contributed by atoms with E-state index in [2.05, 4.69) is 39.4 Å². The van der Waals surface area contributed by atoms with Gasteiger partial charge in [-0.15, -0.1) is 0 Å². The van der Waals surface area contributed by atoms with E-state index in [0.29, 0.717) is 0 Å². The Morgan fingerprint density at radius 2 is 2.00 bits per heavy atom. The Labute approximate surface area is 113 Å². The van der Waals surface area contributed by atoms with Crippen LogP contribution in [0.1, 0.15) is 49.1 Å². The minimum absolute atomic E-state index is 0.788. The third-order valence-electron chi connectivity index (χ3n) is 3.77. The van der Waals surface area contributed by atoms with Crippen LogP contribution in [0.4, 0.5) is 0 Å². The summed E-state index contributed by atoms with van der Waals surface area (Å²) in [5, 5.41) is 3.20. The molecule has 1 N–H and O–H groups in total. The van der Waals surface area contributed by atoms with Gasteiger partial charge in [0.1, 0.15) is 0 Å². The normalized spacial score (nSPS) is 17.3. The summed E-state index contributed by atoms with van der Waals surface area (Å²) >= 11 is 3.75. The second-order valence-electron chi connectivity index (χ2n) is 5.04. The Morgan fingerprint density at radius 3 is 2.65 bits per heavy atom. The molecule has 0 aliphatic heterocycles. The largest absolute Gasteiger partial charge is 0.319 e. The number of likely N-dealkylation sites (N-methyl/N-ethyl adjacent to an activating group) is 1. The Balaban J connectivity index is 2.07. The molecule has 1 aliphatic rings. The van der Waals surface area contributed by atoms with Crippen LogP contribution in [0, 0.1) is 0 Å². The number of halogens is 1. The second-order valence-corrected chi connectivity index (χ2v) is 5.90. The molecule has 1 aromatic carbocycles. The lowest BCUT2D eigenvalue weighted by molar-refractivity contribution is 0.442. The molecule has 1 fully saturated rings. The molecule has 1 aliphatic carbocycles. The number of hydrogen-bond acceptors (Lipinski definition) is 1. The molecule has 0 atom stereocenters. The monoisotopic (exact) mass is 295 g/mol. The first-order valence-corrected chi connectivity index (χ1v) is 7.53. The molecule has 0 radical (unpaired) electrons. The van der Waals surface area contributed by atoms with Crippen molar-refractivity contribution in [2.75, 3.05) is 13.6 Å². The van der Waals surface area contributed by atoms with Crippen molar-refractivity contribution in [1.82, 2.24) is 5.32 Å². The van der Waals surface area contributed by atoms with Gasteiger partial charge in [-0.2, -0.15) is 0 Å². The quantitative estimate of drug-likeness (QED) is 0.875. The van der Waals surface area contributed by atoms with Crippen LogP contribution in [0.25, 0.3) is 0 Å². The summed E-state index contributed by atoms with van der Waals surface area (Å²) in [5.41, 5.74) is 2.95. The number of rotatable bonds is 4. The molecule has 0 unspecified atom stereocenters. The van der Waals surface area contributed by atoms with Crippen molar-refractivity contribution in [2.45, 2.75) is 44.4 Å². The molecule has 1 saturated carbocycles. The van der Waals surface area contributed by atoms with Gasteiger partial charge in [0.05, 0.1) is 0 Å². The highest BCUT2D eigenvalue weighted by molar-refractivity contribution is 9.10. The van der Waals surface area contributed by atoms with Crippen molar-refractivity contribution in [2.24, 2.45) is 0 Å². The molecule has 1 aromatic rings. The molecular weight excluding hydrogens is 274 g/mol. The van der Waals surface area contributed by atoms with Crippen LogP contribution in [0.2, 0.25) is 0 Å². The van der Waals surface area contributed by atoms with E-state index in [-0.39, 0.29) is 0 Å². The molecule has 2 heteroatoms. The third-order valence-corrected chi connectivity index (χ3v) is 4.46. The first-order valence-electron chi connectivity index (χ1n) is 6.74. The van der Waals surface area contributed by atoms with E-state index < -0.39 is 0 Å². The molecule has 0 bridgehead atoms. The Kier molecular flexibility index (Phi) is 5.05. The Bertz CT molecular complexity index is 356. The fraction of sp³-hybridized carbons (Fsp3) is 0.600. The molecule has 0 saturated heterocycles. The van der Waals surface area contributed by atoms with Crippen molar-refractivity contribution in [1.29, 1.82) is 0 Å². The van der Waals surface area contributed by atoms with Gasteiger partial charge in [-0.1, -0.05) is 47.3 Å². The molecular formula is C15H22BrN. The minimum atomic E-state index is 0.788. The maximum atomic E-state index is 3.75. The van der Waals surface area contributed by atoms with Crippen LogP contribution in [-0.2, 0) is 6.42 Å². The summed E-state index contributed by atoms with van der Waals surface area (Å²) in [5.74, 6) is 0.788. The van der Waals surface area contributed by atoms with E-state index in [1.165, 1.54) is 47.7 Å². The van der Waals surface area contributed by atoms with Crippen LogP contribution >= 0.6 is 15.9 Å². The summed E-state index contributed by atoms with van der Waals surface area (Å²) < 4.78 is 1.32. The first-order chi connectivity index (χ1) is 8.31. The molecule has 94 valence electrons. The van der Waals surface area contributed by atoms with Crippen molar-refractivity contribution >= 4 is 15.9 Å². The zero-order valence-corrected chi connectivity index (χ0v) is 12.2. The molecule has 17 heavy (non-hydrogen) atoms. The average Bonchev–Trinajstić information content (AvgIpc) is 2.37. The topological polar surface area (TPSA) is 12.0 Å². The van der Waals surface area contributed by atoms with Gasteiger partial charge in [-0.05, 0) is 56.0 Å². The number of benzene rings is 1. The fourth-order valence-corrected chi connectivity index (χ4v) is 3.49. The Morgan fingerprint density at radius 1 is 1.24 bits per heavy atom. The fourth-order valence-electron chi connectivity index (χ4n) is 2.74. The van der Waals surface area contributed by atoms with Crippen LogP contribution in [0.15, 0.2) is 22.7 Å². The molecule has 0 aromatic heterocycles. The van der Waals surface area contributed by atoms with Gasteiger partial charge >= 0.3 is 0 Å². The van der Waals surface area contributed by atoms with E-state index in [0.717, 1.165) is 18.9 Å². The van der Waals surface area contributed by atoms with Gasteiger partial charge in [0, 0.05) is 4.47 Å². The van der Waals surface area contributed by atoms with Gasteiger partial charge in [-0.3, -0.25) is 0 Å². The van der Waals surface area contributed by atoms with Crippen LogP contribution in [0.3, 0.4) is 0 Å². The number of nitrogens with one attached hydrogen (secondary N) is 1. The van der Waals surface area contributed by atoms with E-state index in [9.17, 15) is 0 Å². The molecule has 2 rings (SSSR count). The predicted octanol–water partition coefficient (Wildman–Crippen LogP) is 4.26. The standard InChI is InChI=1S/C15H22BrN/c1-17-10-9-12-7-8-14(15(16)11-12)13-5-3-2-4-6-13/h7-8,11,13,17H,2-6,9-10H2,1H3.